The Labute approximate surface area is 120 Å². The van der Waals surface area contributed by atoms with Gasteiger partial charge in [0.2, 0.25) is 0 Å². The van der Waals surface area contributed by atoms with Crippen LogP contribution in [0, 0.1) is 5.41 Å². The van der Waals surface area contributed by atoms with Gasteiger partial charge in [0.1, 0.15) is 0 Å². The van der Waals surface area contributed by atoms with Crippen molar-refractivity contribution in [1.29, 1.82) is 0 Å². The molecule has 1 aromatic rings. The van der Waals surface area contributed by atoms with Crippen molar-refractivity contribution < 1.29 is 4.79 Å². The van der Waals surface area contributed by atoms with Gasteiger partial charge in [0.15, 0.2) is 0 Å². The third-order valence-corrected chi connectivity index (χ3v) is 4.86. The first-order valence-electron chi connectivity index (χ1n) is 7.08. The Hall–Kier alpha value is -1.02. The molecule has 104 valence electrons. The van der Waals surface area contributed by atoms with Crippen LogP contribution < -0.4 is 0 Å². The number of amides is 1. The second-order valence-corrected chi connectivity index (χ2v) is 5.79. The van der Waals surface area contributed by atoms with E-state index in [1.165, 1.54) is 0 Å². The molecule has 1 saturated heterocycles. The van der Waals surface area contributed by atoms with Gasteiger partial charge in [-0.1, -0.05) is 26.0 Å². The molecule has 0 spiro atoms. The van der Waals surface area contributed by atoms with Gasteiger partial charge in [0.05, 0.1) is 0 Å². The van der Waals surface area contributed by atoms with Crippen molar-refractivity contribution in [3.8, 4) is 0 Å². The highest BCUT2D eigenvalue weighted by Crippen LogP contribution is 2.37. The first-order valence-corrected chi connectivity index (χ1v) is 7.62. The summed E-state index contributed by atoms with van der Waals surface area (Å²) in [5, 5.41) is 0. The van der Waals surface area contributed by atoms with Crippen LogP contribution in [0.3, 0.4) is 0 Å². The molecule has 19 heavy (non-hydrogen) atoms. The van der Waals surface area contributed by atoms with Crippen LogP contribution in [0.15, 0.2) is 24.3 Å². The third-order valence-electron chi connectivity index (χ3n) is 4.55. The number of carbonyl (C=O) groups excluding carboxylic acids is 1. The number of alkyl halides is 1. The van der Waals surface area contributed by atoms with Crippen LogP contribution in [0.25, 0.3) is 0 Å². The molecule has 2 rings (SSSR count). The van der Waals surface area contributed by atoms with E-state index in [2.05, 4.69) is 13.8 Å². The molecule has 0 atom stereocenters. The maximum atomic E-state index is 12.5. The van der Waals surface area contributed by atoms with Crippen molar-refractivity contribution in [2.75, 3.05) is 13.1 Å². The van der Waals surface area contributed by atoms with Crippen molar-refractivity contribution in [2.45, 2.75) is 39.0 Å². The highest BCUT2D eigenvalue weighted by atomic mass is 35.5. The van der Waals surface area contributed by atoms with Crippen LogP contribution in [0.1, 0.15) is 49.0 Å². The summed E-state index contributed by atoms with van der Waals surface area (Å²) in [6, 6.07) is 7.66. The number of rotatable bonds is 4. The lowest BCUT2D eigenvalue weighted by molar-refractivity contribution is 0.0770. The van der Waals surface area contributed by atoms with Gasteiger partial charge in [0.25, 0.3) is 5.91 Å². The van der Waals surface area contributed by atoms with Crippen molar-refractivity contribution in [1.82, 2.24) is 4.90 Å². The van der Waals surface area contributed by atoms with Gasteiger partial charge < -0.3 is 4.90 Å². The molecule has 0 aliphatic carbocycles. The van der Waals surface area contributed by atoms with Gasteiger partial charge in [-0.05, 0) is 42.4 Å². The number of hydrogen-bond acceptors (Lipinski definition) is 1. The second kappa shape index (κ2) is 5.96. The molecular weight excluding hydrogens is 258 g/mol. The standard InChI is InChI=1S/C16H22ClNO/c1-3-16(4-2)8-9-18(12-16)15(19)14-7-5-6-13(10-14)11-17/h5-7,10H,3-4,8-9,11-12H2,1-2H3. The summed E-state index contributed by atoms with van der Waals surface area (Å²) in [5.41, 5.74) is 2.10. The molecule has 1 aromatic carbocycles. The van der Waals surface area contributed by atoms with Crippen molar-refractivity contribution in [3.63, 3.8) is 0 Å². The molecule has 0 bridgehead atoms. The summed E-state index contributed by atoms with van der Waals surface area (Å²) in [7, 11) is 0. The highest BCUT2D eigenvalue weighted by Gasteiger charge is 2.37. The van der Waals surface area contributed by atoms with E-state index in [-0.39, 0.29) is 5.91 Å². The van der Waals surface area contributed by atoms with Gasteiger partial charge in [-0.2, -0.15) is 0 Å². The summed E-state index contributed by atoms with van der Waals surface area (Å²) in [6.07, 6.45) is 3.42. The molecule has 2 nitrogen and oxygen atoms in total. The molecule has 1 heterocycles. The van der Waals surface area contributed by atoms with E-state index in [1.54, 1.807) is 0 Å². The fourth-order valence-electron chi connectivity index (χ4n) is 2.91. The lowest BCUT2D eigenvalue weighted by Crippen LogP contribution is -2.31. The molecule has 0 aromatic heterocycles. The lowest BCUT2D eigenvalue weighted by atomic mass is 9.82. The number of likely N-dealkylation sites (tertiary alicyclic amines) is 1. The molecular formula is C16H22ClNO. The minimum atomic E-state index is 0.149. The second-order valence-electron chi connectivity index (χ2n) is 5.52. The smallest absolute Gasteiger partial charge is 0.253 e. The number of halogens is 1. The van der Waals surface area contributed by atoms with E-state index < -0.39 is 0 Å². The molecule has 3 heteroatoms. The van der Waals surface area contributed by atoms with E-state index in [9.17, 15) is 4.79 Å². The largest absolute Gasteiger partial charge is 0.338 e. The van der Waals surface area contributed by atoms with E-state index in [0.29, 0.717) is 11.3 Å². The topological polar surface area (TPSA) is 20.3 Å². The summed E-state index contributed by atoms with van der Waals surface area (Å²) in [4.78, 5) is 14.5. The summed E-state index contributed by atoms with van der Waals surface area (Å²) in [5.74, 6) is 0.602. The van der Waals surface area contributed by atoms with E-state index >= 15 is 0 Å². The predicted molar refractivity (Wildman–Crippen MR) is 79.5 cm³/mol. The van der Waals surface area contributed by atoms with Gasteiger partial charge in [0, 0.05) is 24.5 Å². The molecule has 0 N–H and O–H groups in total. The first kappa shape index (κ1) is 14.4. The van der Waals surface area contributed by atoms with E-state index in [0.717, 1.165) is 43.5 Å². The van der Waals surface area contributed by atoms with Gasteiger partial charge in [-0.25, -0.2) is 0 Å². The molecule has 1 aliphatic rings. The predicted octanol–water partition coefficient (Wildman–Crippen LogP) is 4.08. The van der Waals surface area contributed by atoms with Crippen LogP contribution in [-0.4, -0.2) is 23.9 Å². The maximum Gasteiger partial charge on any atom is 0.253 e. The summed E-state index contributed by atoms with van der Waals surface area (Å²) < 4.78 is 0. The zero-order valence-corrected chi connectivity index (χ0v) is 12.5. The van der Waals surface area contributed by atoms with E-state index in [1.807, 2.05) is 29.2 Å². The Kier molecular flexibility index (Phi) is 4.51. The lowest BCUT2D eigenvalue weighted by Gasteiger charge is -2.26. The van der Waals surface area contributed by atoms with Gasteiger partial charge in [-0.15, -0.1) is 11.6 Å². The molecule has 0 saturated carbocycles. The molecule has 1 fully saturated rings. The van der Waals surface area contributed by atoms with E-state index in [4.69, 9.17) is 11.6 Å². The van der Waals surface area contributed by atoms with Crippen molar-refractivity contribution >= 4 is 17.5 Å². The maximum absolute atomic E-state index is 12.5. The van der Waals surface area contributed by atoms with Crippen LogP contribution in [0.4, 0.5) is 0 Å². The van der Waals surface area contributed by atoms with Crippen LogP contribution in [0.2, 0.25) is 0 Å². The summed E-state index contributed by atoms with van der Waals surface area (Å²) >= 11 is 5.83. The number of benzene rings is 1. The normalized spacial score (nSPS) is 17.7. The molecule has 1 aliphatic heterocycles. The third kappa shape index (κ3) is 2.94. The van der Waals surface area contributed by atoms with Crippen LogP contribution in [0.5, 0.6) is 0 Å². The first-order chi connectivity index (χ1) is 9.14. The highest BCUT2D eigenvalue weighted by molar-refractivity contribution is 6.17. The quantitative estimate of drug-likeness (QED) is 0.761. The Bertz CT molecular complexity index is 454. The van der Waals surface area contributed by atoms with Crippen LogP contribution >= 0.6 is 11.6 Å². The zero-order valence-electron chi connectivity index (χ0n) is 11.8. The minimum Gasteiger partial charge on any atom is -0.338 e. The number of nitrogens with zero attached hydrogens (tertiary/aromatic N) is 1. The molecule has 0 unspecified atom stereocenters. The number of hydrogen-bond donors (Lipinski definition) is 0. The van der Waals surface area contributed by atoms with Crippen molar-refractivity contribution in [3.05, 3.63) is 35.4 Å². The van der Waals surface area contributed by atoms with Gasteiger partial charge >= 0.3 is 0 Å². The Morgan fingerprint density at radius 1 is 1.37 bits per heavy atom. The molecule has 1 amide bonds. The van der Waals surface area contributed by atoms with Gasteiger partial charge in [-0.3, -0.25) is 4.79 Å². The zero-order chi connectivity index (χ0) is 13.9. The Morgan fingerprint density at radius 2 is 2.11 bits per heavy atom. The molecule has 0 radical (unpaired) electrons. The van der Waals surface area contributed by atoms with Crippen LogP contribution in [-0.2, 0) is 5.88 Å². The Balaban J connectivity index is 2.13. The fourth-order valence-corrected chi connectivity index (χ4v) is 3.07. The Morgan fingerprint density at radius 3 is 2.68 bits per heavy atom. The minimum absolute atomic E-state index is 0.149. The van der Waals surface area contributed by atoms with Crippen molar-refractivity contribution in [2.24, 2.45) is 5.41 Å². The average Bonchev–Trinajstić information content (AvgIpc) is 2.91. The SMILES string of the molecule is CCC1(CC)CCN(C(=O)c2cccc(CCl)c2)C1. The monoisotopic (exact) mass is 279 g/mol. The number of carbonyl (C=O) groups is 1. The fraction of sp³-hybridized carbons (Fsp3) is 0.562. The summed E-state index contributed by atoms with van der Waals surface area (Å²) in [6.45, 7) is 6.23. The average molecular weight is 280 g/mol.